The van der Waals surface area contributed by atoms with E-state index in [0.29, 0.717) is 12.5 Å². The van der Waals surface area contributed by atoms with Crippen molar-refractivity contribution in [1.29, 1.82) is 0 Å². The predicted molar refractivity (Wildman–Crippen MR) is 89.5 cm³/mol. The Morgan fingerprint density at radius 2 is 1.91 bits per heavy atom. The van der Waals surface area contributed by atoms with Crippen molar-refractivity contribution in [3.63, 3.8) is 0 Å². The minimum Gasteiger partial charge on any atom is -0.314 e. The second-order valence-corrected chi connectivity index (χ2v) is 6.71. The highest BCUT2D eigenvalue weighted by atomic mass is 16.2. The molecule has 1 aromatic carbocycles. The van der Waals surface area contributed by atoms with Crippen LogP contribution in [0.25, 0.3) is 10.9 Å². The average molecular weight is 296 g/mol. The van der Waals surface area contributed by atoms with E-state index in [1.807, 2.05) is 10.6 Å². The van der Waals surface area contributed by atoms with Crippen LogP contribution in [0, 0.1) is 0 Å². The second kappa shape index (κ2) is 5.88. The SMILES string of the molecule is O=C1CCCc2c(CCNC3CCCC3)c3ccccc3n21. The Balaban J connectivity index is 1.63. The number of nitrogens with one attached hydrogen (secondary N) is 1. The number of hydrogen-bond donors (Lipinski definition) is 1. The third-order valence-corrected chi connectivity index (χ3v) is 5.31. The zero-order chi connectivity index (χ0) is 14.9. The van der Waals surface area contributed by atoms with Crippen LogP contribution < -0.4 is 5.32 Å². The number of nitrogens with zero attached hydrogens (tertiary/aromatic N) is 1. The molecular formula is C19H24N2O. The van der Waals surface area contributed by atoms with Crippen LogP contribution in [0.2, 0.25) is 0 Å². The summed E-state index contributed by atoms with van der Waals surface area (Å²) < 4.78 is 1.99. The molecule has 1 aliphatic heterocycles. The molecule has 0 bridgehead atoms. The molecule has 2 aromatic rings. The molecule has 0 saturated heterocycles. The van der Waals surface area contributed by atoms with E-state index in [2.05, 4.69) is 23.5 Å². The lowest BCUT2D eigenvalue weighted by atomic mass is 10.0. The molecular weight excluding hydrogens is 272 g/mol. The third kappa shape index (κ3) is 2.38. The fraction of sp³-hybridized carbons (Fsp3) is 0.526. The first-order chi connectivity index (χ1) is 10.8. The van der Waals surface area contributed by atoms with Crippen molar-refractivity contribution in [1.82, 2.24) is 9.88 Å². The lowest BCUT2D eigenvalue weighted by molar-refractivity contribution is 0.0889. The highest BCUT2D eigenvalue weighted by Crippen LogP contribution is 2.31. The fourth-order valence-corrected chi connectivity index (χ4v) is 4.24. The van der Waals surface area contributed by atoms with Gasteiger partial charge in [-0.3, -0.25) is 9.36 Å². The van der Waals surface area contributed by atoms with Gasteiger partial charge in [0.05, 0.1) is 5.52 Å². The maximum Gasteiger partial charge on any atom is 0.231 e. The predicted octanol–water partition coefficient (Wildman–Crippen LogP) is 3.69. The van der Waals surface area contributed by atoms with E-state index in [-0.39, 0.29) is 5.91 Å². The fourth-order valence-electron chi connectivity index (χ4n) is 4.24. The topological polar surface area (TPSA) is 34.0 Å². The summed E-state index contributed by atoms with van der Waals surface area (Å²) in [5.74, 6) is 0.271. The Bertz CT molecular complexity index is 695. The van der Waals surface area contributed by atoms with Gasteiger partial charge < -0.3 is 5.32 Å². The second-order valence-electron chi connectivity index (χ2n) is 6.71. The van der Waals surface area contributed by atoms with Gasteiger partial charge in [-0.05, 0) is 50.3 Å². The van der Waals surface area contributed by atoms with Crippen LogP contribution in [-0.4, -0.2) is 23.1 Å². The van der Waals surface area contributed by atoms with Gasteiger partial charge in [-0.1, -0.05) is 31.0 Å². The lowest BCUT2D eigenvalue weighted by Crippen LogP contribution is -2.28. The van der Waals surface area contributed by atoms with Gasteiger partial charge >= 0.3 is 0 Å². The molecule has 2 aliphatic rings. The number of carbonyl (C=O) groups is 1. The van der Waals surface area contributed by atoms with Gasteiger partial charge in [0.15, 0.2) is 0 Å². The number of benzene rings is 1. The molecule has 0 spiro atoms. The van der Waals surface area contributed by atoms with Gasteiger partial charge in [0.2, 0.25) is 5.91 Å². The van der Waals surface area contributed by atoms with Gasteiger partial charge in [0, 0.05) is 23.5 Å². The molecule has 0 atom stereocenters. The normalized spacial score (nSPS) is 19.0. The van der Waals surface area contributed by atoms with Crippen molar-refractivity contribution in [3.8, 4) is 0 Å². The van der Waals surface area contributed by atoms with Crippen molar-refractivity contribution in [2.24, 2.45) is 0 Å². The Hall–Kier alpha value is -1.61. The summed E-state index contributed by atoms with van der Waals surface area (Å²) in [6.07, 6.45) is 9.16. The number of hydrogen-bond acceptors (Lipinski definition) is 2. The van der Waals surface area contributed by atoms with E-state index in [1.165, 1.54) is 42.3 Å². The van der Waals surface area contributed by atoms with E-state index in [4.69, 9.17) is 0 Å². The molecule has 1 N–H and O–H groups in total. The smallest absolute Gasteiger partial charge is 0.231 e. The third-order valence-electron chi connectivity index (χ3n) is 5.31. The van der Waals surface area contributed by atoms with Crippen LogP contribution in [0.3, 0.4) is 0 Å². The molecule has 4 rings (SSSR count). The van der Waals surface area contributed by atoms with Crippen molar-refractivity contribution in [3.05, 3.63) is 35.5 Å². The van der Waals surface area contributed by atoms with Gasteiger partial charge in [0.25, 0.3) is 0 Å². The molecule has 22 heavy (non-hydrogen) atoms. The van der Waals surface area contributed by atoms with Crippen molar-refractivity contribution < 1.29 is 4.79 Å². The van der Waals surface area contributed by atoms with Crippen LogP contribution in [0.4, 0.5) is 0 Å². The first-order valence-corrected chi connectivity index (χ1v) is 8.72. The maximum atomic E-state index is 12.3. The molecule has 2 heterocycles. The van der Waals surface area contributed by atoms with E-state index in [9.17, 15) is 4.79 Å². The summed E-state index contributed by atoms with van der Waals surface area (Å²) in [6.45, 7) is 1.03. The zero-order valence-corrected chi connectivity index (χ0v) is 13.1. The molecule has 116 valence electrons. The summed E-state index contributed by atoms with van der Waals surface area (Å²) >= 11 is 0. The molecule has 1 aromatic heterocycles. The summed E-state index contributed by atoms with van der Waals surface area (Å²) in [7, 11) is 0. The monoisotopic (exact) mass is 296 g/mol. The average Bonchev–Trinajstić information content (AvgIpc) is 3.15. The van der Waals surface area contributed by atoms with Crippen molar-refractivity contribution in [2.75, 3.05) is 6.54 Å². The Morgan fingerprint density at radius 1 is 1.09 bits per heavy atom. The minimum absolute atomic E-state index is 0.271. The summed E-state index contributed by atoms with van der Waals surface area (Å²) in [6, 6.07) is 9.12. The molecule has 3 nitrogen and oxygen atoms in total. The number of rotatable bonds is 4. The molecule has 1 aliphatic carbocycles. The largest absolute Gasteiger partial charge is 0.314 e. The molecule has 0 radical (unpaired) electrons. The molecule has 3 heteroatoms. The summed E-state index contributed by atoms with van der Waals surface area (Å²) in [5, 5.41) is 4.99. The minimum atomic E-state index is 0.271. The Morgan fingerprint density at radius 3 is 2.77 bits per heavy atom. The number of carbonyl (C=O) groups excluding carboxylic acids is 1. The summed E-state index contributed by atoms with van der Waals surface area (Å²) in [5.41, 5.74) is 3.78. The van der Waals surface area contributed by atoms with Gasteiger partial charge in [0.1, 0.15) is 0 Å². The molecule has 0 amide bonds. The van der Waals surface area contributed by atoms with Crippen LogP contribution in [0.5, 0.6) is 0 Å². The highest BCUT2D eigenvalue weighted by molar-refractivity contribution is 5.96. The van der Waals surface area contributed by atoms with Gasteiger partial charge in [-0.25, -0.2) is 0 Å². The molecule has 1 saturated carbocycles. The van der Waals surface area contributed by atoms with Crippen LogP contribution in [0.1, 0.15) is 54.6 Å². The van der Waals surface area contributed by atoms with Gasteiger partial charge in [-0.2, -0.15) is 0 Å². The number of fused-ring (bicyclic) bond motifs is 3. The first-order valence-electron chi connectivity index (χ1n) is 8.72. The van der Waals surface area contributed by atoms with E-state index in [0.717, 1.165) is 31.3 Å². The van der Waals surface area contributed by atoms with Crippen molar-refractivity contribution in [2.45, 2.75) is 57.4 Å². The van der Waals surface area contributed by atoms with Crippen LogP contribution in [0.15, 0.2) is 24.3 Å². The zero-order valence-electron chi connectivity index (χ0n) is 13.1. The standard InChI is InChI=1S/C19H24N2O/c22-19-11-5-10-18-16(12-13-20-14-6-1-2-7-14)15-8-3-4-9-17(15)21(18)19/h3-4,8-9,14,20H,1-2,5-7,10-13H2. The van der Waals surface area contributed by atoms with Gasteiger partial charge in [-0.15, -0.1) is 0 Å². The van der Waals surface area contributed by atoms with Crippen molar-refractivity contribution >= 4 is 16.8 Å². The number of para-hydroxylation sites is 1. The van der Waals surface area contributed by atoms with E-state index in [1.54, 1.807) is 0 Å². The Labute approximate surface area is 131 Å². The van der Waals surface area contributed by atoms with Crippen LogP contribution >= 0.6 is 0 Å². The molecule has 1 fully saturated rings. The maximum absolute atomic E-state index is 12.3. The van der Waals surface area contributed by atoms with Crippen LogP contribution in [-0.2, 0) is 12.8 Å². The Kier molecular flexibility index (Phi) is 3.75. The van der Waals surface area contributed by atoms with E-state index >= 15 is 0 Å². The summed E-state index contributed by atoms with van der Waals surface area (Å²) in [4.78, 5) is 12.3. The highest BCUT2D eigenvalue weighted by Gasteiger charge is 2.24. The van der Waals surface area contributed by atoms with E-state index < -0.39 is 0 Å². The number of aromatic nitrogens is 1. The lowest BCUT2D eigenvalue weighted by Gasteiger charge is -2.16. The molecule has 0 unspecified atom stereocenters. The first kappa shape index (κ1) is 14.0. The quantitative estimate of drug-likeness (QED) is 0.933.